The van der Waals surface area contributed by atoms with Crippen molar-refractivity contribution in [3.63, 3.8) is 0 Å². The minimum Gasteiger partial charge on any atom is -0.466 e. The maximum Gasteiger partial charge on any atom is 0.354 e. The van der Waals surface area contributed by atoms with Crippen molar-refractivity contribution in [2.24, 2.45) is 0 Å². The summed E-state index contributed by atoms with van der Waals surface area (Å²) in [7, 11) is 0. The van der Waals surface area contributed by atoms with Gasteiger partial charge in [-0.05, 0) is 26.8 Å². The average Bonchev–Trinajstić information content (AvgIpc) is 2.83. The lowest BCUT2D eigenvalue weighted by Gasteiger charge is -2.04. The van der Waals surface area contributed by atoms with Crippen LogP contribution in [0.2, 0.25) is 0 Å². The first kappa shape index (κ1) is 16.7. The number of esters is 3. The van der Waals surface area contributed by atoms with Gasteiger partial charge < -0.3 is 19.2 Å². The Bertz CT molecular complexity index is 520. The average molecular weight is 297 g/mol. The fourth-order valence-corrected chi connectivity index (χ4v) is 1.70. The molecule has 0 bridgehead atoms. The lowest BCUT2D eigenvalue weighted by molar-refractivity contribution is -0.142. The smallest absolute Gasteiger partial charge is 0.354 e. The lowest BCUT2D eigenvalue weighted by Crippen LogP contribution is -2.12. The first-order chi connectivity index (χ1) is 10.0. The minimum absolute atomic E-state index is 0.0965. The van der Waals surface area contributed by atoms with E-state index in [1.807, 2.05) is 0 Å². The van der Waals surface area contributed by atoms with Gasteiger partial charge in [0.1, 0.15) is 5.69 Å². The molecule has 1 aromatic rings. The highest BCUT2D eigenvalue weighted by atomic mass is 16.5. The number of ether oxygens (including phenoxy) is 3. The molecular weight excluding hydrogens is 278 g/mol. The van der Waals surface area contributed by atoms with Gasteiger partial charge in [0.2, 0.25) is 0 Å². The summed E-state index contributed by atoms with van der Waals surface area (Å²) in [6.45, 7) is 5.66. The molecule has 0 saturated heterocycles. The molecule has 7 nitrogen and oxygen atoms in total. The second-order valence-electron chi connectivity index (χ2n) is 4.00. The van der Waals surface area contributed by atoms with Crippen LogP contribution in [0.1, 0.15) is 47.3 Å². The van der Waals surface area contributed by atoms with E-state index < -0.39 is 17.9 Å². The van der Waals surface area contributed by atoms with E-state index in [1.165, 1.54) is 6.07 Å². The van der Waals surface area contributed by atoms with Crippen molar-refractivity contribution in [1.29, 1.82) is 0 Å². The van der Waals surface area contributed by atoms with Gasteiger partial charge in [0, 0.05) is 5.69 Å². The summed E-state index contributed by atoms with van der Waals surface area (Å²) in [6, 6.07) is 1.32. The Labute approximate surface area is 122 Å². The van der Waals surface area contributed by atoms with Crippen LogP contribution >= 0.6 is 0 Å². The minimum atomic E-state index is -0.608. The molecule has 0 fully saturated rings. The van der Waals surface area contributed by atoms with Gasteiger partial charge in [-0.1, -0.05) is 0 Å². The van der Waals surface area contributed by atoms with Crippen molar-refractivity contribution < 1.29 is 28.6 Å². The molecule has 0 amide bonds. The van der Waals surface area contributed by atoms with E-state index in [2.05, 4.69) is 4.98 Å². The topological polar surface area (TPSA) is 94.7 Å². The van der Waals surface area contributed by atoms with E-state index in [0.29, 0.717) is 0 Å². The number of carbonyl (C=O) groups is 3. The van der Waals surface area contributed by atoms with Gasteiger partial charge in [0.15, 0.2) is 0 Å². The Balaban J connectivity index is 3.04. The normalized spacial score (nSPS) is 10.0. The molecule has 7 heteroatoms. The predicted octanol–water partition coefficient (Wildman–Crippen LogP) is 1.47. The van der Waals surface area contributed by atoms with Gasteiger partial charge in [-0.2, -0.15) is 0 Å². The van der Waals surface area contributed by atoms with Gasteiger partial charge in [-0.3, -0.25) is 4.79 Å². The molecule has 0 aliphatic rings. The van der Waals surface area contributed by atoms with E-state index in [0.717, 1.165) is 0 Å². The summed E-state index contributed by atoms with van der Waals surface area (Å²) in [4.78, 5) is 37.8. The molecule has 1 N–H and O–H groups in total. The highest BCUT2D eigenvalue weighted by Crippen LogP contribution is 2.15. The van der Waals surface area contributed by atoms with Crippen molar-refractivity contribution in [3.05, 3.63) is 23.0 Å². The maximum atomic E-state index is 11.9. The van der Waals surface area contributed by atoms with Gasteiger partial charge >= 0.3 is 17.9 Å². The van der Waals surface area contributed by atoms with E-state index in [9.17, 15) is 14.4 Å². The molecular formula is C14H19NO6. The van der Waals surface area contributed by atoms with Crippen LogP contribution in [0.25, 0.3) is 0 Å². The largest absolute Gasteiger partial charge is 0.466 e. The molecule has 0 aliphatic carbocycles. The van der Waals surface area contributed by atoms with Gasteiger partial charge in [-0.15, -0.1) is 0 Å². The van der Waals surface area contributed by atoms with E-state index >= 15 is 0 Å². The van der Waals surface area contributed by atoms with Crippen LogP contribution in [0.4, 0.5) is 0 Å². The summed E-state index contributed by atoms with van der Waals surface area (Å²) < 4.78 is 14.6. The summed E-state index contributed by atoms with van der Waals surface area (Å²) in [5, 5.41) is 0. The molecule has 0 unspecified atom stereocenters. The monoisotopic (exact) mass is 297 g/mol. The number of rotatable bonds is 7. The van der Waals surface area contributed by atoms with Crippen LogP contribution in [0, 0.1) is 0 Å². The molecule has 0 aliphatic heterocycles. The van der Waals surface area contributed by atoms with Crippen LogP contribution in [-0.2, 0) is 25.4 Å². The van der Waals surface area contributed by atoms with Crippen LogP contribution in [0.3, 0.4) is 0 Å². The third-order valence-electron chi connectivity index (χ3n) is 2.52. The quantitative estimate of drug-likeness (QED) is 0.605. The number of H-pyrrole nitrogens is 1. The zero-order chi connectivity index (χ0) is 15.8. The standard InChI is InChI=1S/C14H19NO6/c1-4-19-12(16)8-10-9(13(17)20-5-2)7-11(15-10)14(18)21-6-3/h7,15H,4-6,8H2,1-3H3. The Kier molecular flexibility index (Phi) is 6.45. The fraction of sp³-hybridized carbons (Fsp3) is 0.500. The van der Waals surface area contributed by atoms with Crippen molar-refractivity contribution in [2.75, 3.05) is 19.8 Å². The number of hydrogen-bond acceptors (Lipinski definition) is 6. The number of hydrogen-bond donors (Lipinski definition) is 1. The van der Waals surface area contributed by atoms with Crippen LogP contribution in [0.5, 0.6) is 0 Å². The molecule has 0 saturated carbocycles. The molecule has 0 spiro atoms. The second-order valence-corrected chi connectivity index (χ2v) is 4.00. The Morgan fingerprint density at radius 1 is 0.952 bits per heavy atom. The maximum absolute atomic E-state index is 11.9. The predicted molar refractivity (Wildman–Crippen MR) is 73.0 cm³/mol. The van der Waals surface area contributed by atoms with Crippen molar-refractivity contribution in [2.45, 2.75) is 27.2 Å². The molecule has 116 valence electrons. The van der Waals surface area contributed by atoms with Crippen LogP contribution < -0.4 is 0 Å². The molecule has 0 aromatic carbocycles. The third-order valence-corrected chi connectivity index (χ3v) is 2.52. The number of carbonyl (C=O) groups excluding carboxylic acids is 3. The van der Waals surface area contributed by atoms with Gasteiger partial charge in [0.25, 0.3) is 0 Å². The zero-order valence-corrected chi connectivity index (χ0v) is 12.4. The molecule has 1 heterocycles. The van der Waals surface area contributed by atoms with E-state index in [1.54, 1.807) is 20.8 Å². The molecule has 21 heavy (non-hydrogen) atoms. The van der Waals surface area contributed by atoms with Crippen molar-refractivity contribution >= 4 is 17.9 Å². The number of aromatic amines is 1. The zero-order valence-electron chi connectivity index (χ0n) is 12.4. The van der Waals surface area contributed by atoms with Gasteiger partial charge in [-0.25, -0.2) is 9.59 Å². The molecule has 1 rings (SSSR count). The highest BCUT2D eigenvalue weighted by molar-refractivity contribution is 5.97. The number of nitrogens with one attached hydrogen (secondary N) is 1. The summed E-state index contributed by atoms with van der Waals surface area (Å²) in [6.07, 6.45) is -0.151. The van der Waals surface area contributed by atoms with E-state index in [4.69, 9.17) is 14.2 Å². The highest BCUT2D eigenvalue weighted by Gasteiger charge is 2.22. The second kappa shape index (κ2) is 8.08. The lowest BCUT2D eigenvalue weighted by atomic mass is 10.2. The summed E-state index contributed by atoms with van der Waals surface area (Å²) >= 11 is 0. The first-order valence-electron chi connectivity index (χ1n) is 6.75. The van der Waals surface area contributed by atoms with Gasteiger partial charge in [0.05, 0.1) is 31.8 Å². The van der Waals surface area contributed by atoms with Crippen molar-refractivity contribution in [1.82, 2.24) is 4.98 Å². The number of aromatic nitrogens is 1. The Morgan fingerprint density at radius 3 is 2.10 bits per heavy atom. The molecule has 1 aromatic heterocycles. The molecule has 0 radical (unpaired) electrons. The third kappa shape index (κ3) is 4.62. The Hall–Kier alpha value is -2.31. The fourth-order valence-electron chi connectivity index (χ4n) is 1.70. The SMILES string of the molecule is CCOC(=O)Cc1[nH]c(C(=O)OCC)cc1C(=O)OCC. The van der Waals surface area contributed by atoms with Crippen LogP contribution in [-0.4, -0.2) is 42.7 Å². The first-order valence-corrected chi connectivity index (χ1v) is 6.75. The van der Waals surface area contributed by atoms with Crippen LogP contribution in [0.15, 0.2) is 6.07 Å². The van der Waals surface area contributed by atoms with E-state index in [-0.39, 0.29) is 43.2 Å². The summed E-state index contributed by atoms with van der Waals surface area (Å²) in [5.41, 5.74) is 0.502. The molecule has 0 atom stereocenters. The summed E-state index contributed by atoms with van der Waals surface area (Å²) in [5.74, 6) is -1.71. The Morgan fingerprint density at radius 2 is 1.52 bits per heavy atom. The van der Waals surface area contributed by atoms with Crippen molar-refractivity contribution in [3.8, 4) is 0 Å².